The quantitative estimate of drug-likeness (QED) is 0.792. The van der Waals surface area contributed by atoms with E-state index >= 15 is 0 Å². The molecular formula is C16H19NO3. The first-order valence-electron chi connectivity index (χ1n) is 6.94. The highest BCUT2D eigenvalue weighted by atomic mass is 16.6. The fourth-order valence-electron chi connectivity index (χ4n) is 2.99. The Balaban J connectivity index is 1.44. The average molecular weight is 273 g/mol. The van der Waals surface area contributed by atoms with Crippen LogP contribution in [-0.4, -0.2) is 31.2 Å². The van der Waals surface area contributed by atoms with E-state index in [2.05, 4.69) is 6.08 Å². The zero-order chi connectivity index (χ0) is 13.9. The second-order valence-electron chi connectivity index (χ2n) is 5.41. The second-order valence-corrected chi connectivity index (χ2v) is 5.41. The molecule has 2 fully saturated rings. The van der Waals surface area contributed by atoms with E-state index in [1.807, 2.05) is 35.2 Å². The Labute approximate surface area is 119 Å². The number of likely N-dealkylation sites (tertiary alicyclic amines) is 1. The third-order valence-corrected chi connectivity index (χ3v) is 4.16. The van der Waals surface area contributed by atoms with Crippen LogP contribution in [0.4, 0.5) is 4.79 Å². The number of fused-ring (bicyclic) bond motifs is 1. The number of rotatable bonds is 4. The van der Waals surface area contributed by atoms with E-state index in [1.165, 1.54) is 0 Å². The topological polar surface area (TPSA) is 38.8 Å². The summed E-state index contributed by atoms with van der Waals surface area (Å²) >= 11 is 0. The molecular weight excluding hydrogens is 254 g/mol. The fourth-order valence-corrected chi connectivity index (χ4v) is 2.99. The Morgan fingerprint density at radius 3 is 2.65 bits per heavy atom. The standard InChI is InChI=1S/C16H19NO3/c1-19-8-7-13-14-9-17(10-15(13)14)16(18)20-11-12-5-3-2-4-6-12/h2-8,13-15H,9-11H2,1H3/t13?,14-,15+. The fraction of sp³-hybridized carbons (Fsp3) is 0.438. The van der Waals surface area contributed by atoms with Gasteiger partial charge in [-0.25, -0.2) is 4.79 Å². The van der Waals surface area contributed by atoms with Crippen molar-refractivity contribution in [2.24, 2.45) is 17.8 Å². The third-order valence-electron chi connectivity index (χ3n) is 4.16. The molecule has 1 aromatic carbocycles. The lowest BCUT2D eigenvalue weighted by Crippen LogP contribution is -2.31. The number of carbonyl (C=O) groups is 1. The van der Waals surface area contributed by atoms with Crippen LogP contribution >= 0.6 is 0 Å². The van der Waals surface area contributed by atoms with Crippen LogP contribution in [0.25, 0.3) is 0 Å². The monoisotopic (exact) mass is 273 g/mol. The molecule has 0 bridgehead atoms. The van der Waals surface area contributed by atoms with Gasteiger partial charge in [0.15, 0.2) is 0 Å². The van der Waals surface area contributed by atoms with Crippen molar-refractivity contribution in [2.45, 2.75) is 6.61 Å². The number of allylic oxidation sites excluding steroid dienone is 1. The van der Waals surface area contributed by atoms with Gasteiger partial charge in [-0.05, 0) is 29.4 Å². The van der Waals surface area contributed by atoms with Crippen molar-refractivity contribution in [3.63, 3.8) is 0 Å². The summed E-state index contributed by atoms with van der Waals surface area (Å²) in [7, 11) is 1.65. The second kappa shape index (κ2) is 5.57. The van der Waals surface area contributed by atoms with Crippen molar-refractivity contribution < 1.29 is 14.3 Å². The Morgan fingerprint density at radius 2 is 2.00 bits per heavy atom. The SMILES string of the molecule is COC=CC1[C@H]2CN(C(=O)OCc3ccccc3)C[C@@H]12. The van der Waals surface area contributed by atoms with E-state index in [9.17, 15) is 4.79 Å². The van der Waals surface area contributed by atoms with Crippen LogP contribution in [0.1, 0.15) is 5.56 Å². The van der Waals surface area contributed by atoms with Gasteiger partial charge < -0.3 is 14.4 Å². The van der Waals surface area contributed by atoms with Crippen molar-refractivity contribution in [3.8, 4) is 0 Å². The summed E-state index contributed by atoms with van der Waals surface area (Å²) in [6, 6.07) is 9.76. The van der Waals surface area contributed by atoms with E-state index in [0.29, 0.717) is 24.4 Å². The number of nitrogens with zero attached hydrogens (tertiary/aromatic N) is 1. The number of amides is 1. The van der Waals surface area contributed by atoms with E-state index < -0.39 is 0 Å². The lowest BCUT2D eigenvalue weighted by Gasteiger charge is -2.18. The molecule has 1 saturated carbocycles. The molecule has 1 unspecified atom stereocenters. The third kappa shape index (κ3) is 2.64. The molecule has 106 valence electrons. The number of carbonyl (C=O) groups excluding carboxylic acids is 1. The molecule has 0 spiro atoms. The van der Waals surface area contributed by atoms with Gasteiger partial charge in [-0.15, -0.1) is 0 Å². The number of piperidine rings is 1. The van der Waals surface area contributed by atoms with E-state index in [1.54, 1.807) is 13.4 Å². The number of methoxy groups -OCH3 is 1. The highest BCUT2D eigenvalue weighted by Gasteiger charge is 2.55. The molecule has 1 aromatic rings. The van der Waals surface area contributed by atoms with E-state index in [-0.39, 0.29) is 6.09 Å². The van der Waals surface area contributed by atoms with Crippen molar-refractivity contribution in [2.75, 3.05) is 20.2 Å². The minimum atomic E-state index is -0.199. The molecule has 4 nitrogen and oxygen atoms in total. The van der Waals surface area contributed by atoms with Crippen molar-refractivity contribution >= 4 is 6.09 Å². The summed E-state index contributed by atoms with van der Waals surface area (Å²) < 4.78 is 10.3. The van der Waals surface area contributed by atoms with Gasteiger partial charge in [-0.2, -0.15) is 0 Å². The van der Waals surface area contributed by atoms with Gasteiger partial charge in [-0.1, -0.05) is 30.3 Å². The zero-order valence-corrected chi connectivity index (χ0v) is 11.6. The summed E-state index contributed by atoms with van der Waals surface area (Å²) in [6.07, 6.45) is 3.64. The maximum atomic E-state index is 12.0. The molecule has 3 rings (SSSR count). The van der Waals surface area contributed by atoms with Crippen LogP contribution in [0.3, 0.4) is 0 Å². The summed E-state index contributed by atoms with van der Waals surface area (Å²) in [5.74, 6) is 1.75. The van der Waals surface area contributed by atoms with Crippen LogP contribution in [-0.2, 0) is 16.1 Å². The molecule has 4 heteroatoms. The highest BCUT2D eigenvalue weighted by Crippen LogP contribution is 2.52. The molecule has 1 amide bonds. The Bertz CT molecular complexity index is 488. The predicted octanol–water partition coefficient (Wildman–Crippen LogP) is 2.66. The van der Waals surface area contributed by atoms with Crippen molar-refractivity contribution in [1.29, 1.82) is 0 Å². The lowest BCUT2D eigenvalue weighted by molar-refractivity contribution is 0.0994. The summed E-state index contributed by atoms with van der Waals surface area (Å²) in [5.41, 5.74) is 1.02. The van der Waals surface area contributed by atoms with Gasteiger partial charge in [0.05, 0.1) is 13.4 Å². The number of ether oxygens (including phenoxy) is 2. The van der Waals surface area contributed by atoms with Crippen molar-refractivity contribution in [3.05, 3.63) is 48.2 Å². The molecule has 3 atom stereocenters. The van der Waals surface area contributed by atoms with Crippen LogP contribution in [0.5, 0.6) is 0 Å². The molecule has 0 aromatic heterocycles. The first kappa shape index (κ1) is 13.0. The Kier molecular flexibility index (Phi) is 3.63. The molecule has 0 radical (unpaired) electrons. The van der Waals surface area contributed by atoms with Gasteiger partial charge in [0, 0.05) is 13.1 Å². The first-order valence-corrected chi connectivity index (χ1v) is 6.94. The van der Waals surface area contributed by atoms with E-state index in [0.717, 1.165) is 18.7 Å². The molecule has 1 aliphatic carbocycles. The molecule has 1 heterocycles. The summed E-state index contributed by atoms with van der Waals surface area (Å²) in [6.45, 7) is 1.95. The zero-order valence-electron chi connectivity index (χ0n) is 11.6. The molecule has 2 aliphatic rings. The van der Waals surface area contributed by atoms with Gasteiger partial charge in [-0.3, -0.25) is 0 Å². The summed E-state index contributed by atoms with van der Waals surface area (Å²) in [4.78, 5) is 13.8. The lowest BCUT2D eigenvalue weighted by atomic mass is 10.2. The highest BCUT2D eigenvalue weighted by molar-refractivity contribution is 5.68. The minimum Gasteiger partial charge on any atom is -0.505 e. The average Bonchev–Trinajstić information content (AvgIpc) is 2.93. The maximum Gasteiger partial charge on any atom is 0.410 e. The molecule has 20 heavy (non-hydrogen) atoms. The number of benzene rings is 1. The normalized spacial score (nSPS) is 27.4. The van der Waals surface area contributed by atoms with Gasteiger partial charge in [0.25, 0.3) is 0 Å². The smallest absolute Gasteiger partial charge is 0.410 e. The van der Waals surface area contributed by atoms with Crippen LogP contribution < -0.4 is 0 Å². The molecule has 1 aliphatic heterocycles. The van der Waals surface area contributed by atoms with Crippen LogP contribution in [0.15, 0.2) is 42.7 Å². The number of hydrogen-bond donors (Lipinski definition) is 0. The van der Waals surface area contributed by atoms with Gasteiger partial charge >= 0.3 is 6.09 Å². The first-order chi connectivity index (χ1) is 9.79. The van der Waals surface area contributed by atoms with E-state index in [4.69, 9.17) is 9.47 Å². The maximum absolute atomic E-state index is 12.0. The number of hydrogen-bond acceptors (Lipinski definition) is 3. The Morgan fingerprint density at radius 1 is 1.30 bits per heavy atom. The van der Waals surface area contributed by atoms with Crippen molar-refractivity contribution in [1.82, 2.24) is 4.90 Å². The van der Waals surface area contributed by atoms with Gasteiger partial charge in [0.2, 0.25) is 0 Å². The van der Waals surface area contributed by atoms with Crippen LogP contribution in [0.2, 0.25) is 0 Å². The predicted molar refractivity (Wildman–Crippen MR) is 74.8 cm³/mol. The largest absolute Gasteiger partial charge is 0.505 e. The van der Waals surface area contributed by atoms with Gasteiger partial charge in [0.1, 0.15) is 6.61 Å². The molecule has 1 saturated heterocycles. The van der Waals surface area contributed by atoms with Crippen LogP contribution in [0, 0.1) is 17.8 Å². The Hall–Kier alpha value is -1.97. The minimum absolute atomic E-state index is 0.199. The summed E-state index contributed by atoms with van der Waals surface area (Å²) in [5, 5.41) is 0. The molecule has 0 N–H and O–H groups in total.